The first-order valence-electron chi connectivity index (χ1n) is 7.67. The Bertz CT molecular complexity index is 579. The zero-order valence-corrected chi connectivity index (χ0v) is 12.2. The Labute approximate surface area is 123 Å². The van der Waals surface area contributed by atoms with E-state index in [1.165, 1.54) is 25.3 Å². The van der Waals surface area contributed by atoms with Crippen LogP contribution in [0.1, 0.15) is 50.5 Å². The van der Waals surface area contributed by atoms with Crippen LogP contribution < -0.4 is 5.32 Å². The summed E-state index contributed by atoms with van der Waals surface area (Å²) in [5.74, 6) is 0.514. The van der Waals surface area contributed by atoms with Gasteiger partial charge >= 0.3 is 0 Å². The Morgan fingerprint density at radius 2 is 2.00 bits per heavy atom. The summed E-state index contributed by atoms with van der Waals surface area (Å²) in [5, 5.41) is 13.8. The lowest BCUT2D eigenvalue weighted by atomic mass is 9.73. The van der Waals surface area contributed by atoms with Crippen molar-refractivity contribution in [2.24, 2.45) is 11.8 Å². The van der Waals surface area contributed by atoms with Crippen molar-refractivity contribution in [1.29, 1.82) is 0 Å². The number of nitro groups is 1. The number of carbonyl (C=O) groups excluding carboxylic acids is 1. The van der Waals surface area contributed by atoms with Gasteiger partial charge in [0.2, 0.25) is 5.91 Å². The van der Waals surface area contributed by atoms with Gasteiger partial charge in [-0.2, -0.15) is 0 Å². The zero-order chi connectivity index (χ0) is 15.0. The van der Waals surface area contributed by atoms with E-state index < -0.39 is 4.92 Å². The largest absolute Gasteiger partial charge is 0.325 e. The number of fused-ring (bicyclic) bond motifs is 1. The van der Waals surface area contributed by atoms with E-state index in [4.69, 9.17) is 0 Å². The van der Waals surface area contributed by atoms with Gasteiger partial charge in [-0.15, -0.1) is 0 Å². The van der Waals surface area contributed by atoms with Gasteiger partial charge in [0.1, 0.15) is 0 Å². The molecule has 1 N–H and O–H groups in total. The molecule has 0 radical (unpaired) electrons. The molecule has 5 heteroatoms. The maximum atomic E-state index is 12.3. The molecule has 1 fully saturated rings. The number of carbonyl (C=O) groups is 1. The van der Waals surface area contributed by atoms with Crippen LogP contribution in [0, 0.1) is 22.0 Å². The quantitative estimate of drug-likeness (QED) is 0.678. The van der Waals surface area contributed by atoms with Crippen molar-refractivity contribution >= 4 is 17.3 Å². The van der Waals surface area contributed by atoms with Gasteiger partial charge in [0.05, 0.1) is 10.8 Å². The van der Waals surface area contributed by atoms with E-state index in [9.17, 15) is 14.9 Å². The van der Waals surface area contributed by atoms with Crippen LogP contribution in [0.15, 0.2) is 18.2 Å². The Balaban J connectivity index is 1.91. The summed E-state index contributed by atoms with van der Waals surface area (Å²) in [6.45, 7) is 2.12. The first-order valence-corrected chi connectivity index (χ1v) is 7.67. The third-order valence-corrected chi connectivity index (χ3v) is 5.04. The molecule has 2 unspecified atom stereocenters. The number of nitrogens with zero attached hydrogens (tertiary/aromatic N) is 1. The molecule has 3 rings (SSSR count). The number of nitrogens with one attached hydrogen (secondary N) is 1. The van der Waals surface area contributed by atoms with E-state index in [1.54, 1.807) is 12.1 Å². The van der Waals surface area contributed by atoms with E-state index in [2.05, 4.69) is 12.2 Å². The van der Waals surface area contributed by atoms with Crippen LogP contribution in [-0.4, -0.2) is 10.8 Å². The normalized spacial score (nSPS) is 23.5. The highest BCUT2D eigenvalue weighted by atomic mass is 16.6. The molecule has 0 bridgehead atoms. The van der Waals surface area contributed by atoms with Gasteiger partial charge in [-0.1, -0.05) is 39.0 Å². The molecular weight excluding hydrogens is 268 g/mol. The third-order valence-electron chi connectivity index (χ3n) is 5.04. The van der Waals surface area contributed by atoms with Crippen molar-refractivity contribution < 1.29 is 9.72 Å². The smallest absolute Gasteiger partial charge is 0.269 e. The van der Waals surface area contributed by atoms with Crippen molar-refractivity contribution in [3.05, 3.63) is 33.9 Å². The molecule has 2 aliphatic rings. The van der Waals surface area contributed by atoms with Crippen molar-refractivity contribution in [3.63, 3.8) is 0 Å². The first-order chi connectivity index (χ1) is 10.1. The van der Waals surface area contributed by atoms with E-state index >= 15 is 0 Å². The maximum Gasteiger partial charge on any atom is 0.269 e. The van der Waals surface area contributed by atoms with Crippen LogP contribution in [0.4, 0.5) is 11.4 Å². The molecular formula is C16H20N2O3. The van der Waals surface area contributed by atoms with Crippen molar-refractivity contribution in [2.75, 3.05) is 5.32 Å². The second-order valence-corrected chi connectivity index (χ2v) is 6.25. The number of rotatable bonds is 3. The molecule has 1 saturated carbocycles. The number of nitro benzene ring substituents is 1. The van der Waals surface area contributed by atoms with Crippen LogP contribution in [0.3, 0.4) is 0 Å². The summed E-state index contributed by atoms with van der Waals surface area (Å²) >= 11 is 0. The summed E-state index contributed by atoms with van der Waals surface area (Å²) in [6, 6.07) is 4.67. The fraction of sp³-hybridized carbons (Fsp3) is 0.562. The zero-order valence-electron chi connectivity index (χ0n) is 12.2. The number of benzene rings is 1. The second-order valence-electron chi connectivity index (χ2n) is 6.25. The average molecular weight is 288 g/mol. The maximum absolute atomic E-state index is 12.3. The third kappa shape index (κ3) is 2.52. The lowest BCUT2D eigenvalue weighted by molar-refractivity contribution is -0.384. The van der Waals surface area contributed by atoms with Crippen LogP contribution in [0.5, 0.6) is 0 Å². The molecule has 0 saturated heterocycles. The molecule has 1 aromatic rings. The minimum Gasteiger partial charge on any atom is -0.325 e. The summed E-state index contributed by atoms with van der Waals surface area (Å²) in [6.07, 6.45) is 6.06. The molecule has 2 atom stereocenters. The van der Waals surface area contributed by atoms with Crippen LogP contribution in [0.2, 0.25) is 0 Å². The standard InChI is InChI=1S/C16H20N2O3/c1-10(11-5-3-2-4-6-11)15-13-9-12(18(20)21)7-8-14(13)17-16(15)19/h7-11,15H,2-6H2,1H3,(H,17,19). The molecule has 1 aromatic carbocycles. The van der Waals surface area contributed by atoms with Gasteiger partial charge in [-0.05, 0) is 23.5 Å². The Kier molecular flexibility index (Phi) is 3.66. The summed E-state index contributed by atoms with van der Waals surface area (Å²) in [4.78, 5) is 22.9. The molecule has 0 aromatic heterocycles. The Morgan fingerprint density at radius 3 is 2.67 bits per heavy atom. The lowest BCUT2D eigenvalue weighted by Gasteiger charge is -2.30. The van der Waals surface area contributed by atoms with Gasteiger partial charge in [0.15, 0.2) is 0 Å². The number of non-ortho nitro benzene ring substituents is 1. The Hall–Kier alpha value is -1.91. The summed E-state index contributed by atoms with van der Waals surface area (Å²) in [7, 11) is 0. The second kappa shape index (κ2) is 5.47. The van der Waals surface area contributed by atoms with Gasteiger partial charge < -0.3 is 5.32 Å². The molecule has 112 valence electrons. The predicted molar refractivity (Wildman–Crippen MR) is 80.2 cm³/mol. The van der Waals surface area contributed by atoms with Crippen LogP contribution >= 0.6 is 0 Å². The topological polar surface area (TPSA) is 72.2 Å². The Morgan fingerprint density at radius 1 is 1.29 bits per heavy atom. The van der Waals surface area contributed by atoms with E-state index in [-0.39, 0.29) is 23.4 Å². The monoisotopic (exact) mass is 288 g/mol. The number of amides is 1. The molecule has 21 heavy (non-hydrogen) atoms. The molecule has 1 heterocycles. The SMILES string of the molecule is CC(C1CCCCC1)C1C(=O)Nc2ccc([N+](=O)[O-])cc21. The van der Waals surface area contributed by atoms with Crippen LogP contribution in [-0.2, 0) is 4.79 Å². The van der Waals surface area contributed by atoms with E-state index in [0.717, 1.165) is 24.1 Å². The number of hydrogen-bond acceptors (Lipinski definition) is 3. The fourth-order valence-electron chi connectivity index (χ4n) is 3.84. The molecule has 5 nitrogen and oxygen atoms in total. The molecule has 1 aliphatic carbocycles. The van der Waals surface area contributed by atoms with Gasteiger partial charge in [-0.3, -0.25) is 14.9 Å². The fourth-order valence-corrected chi connectivity index (χ4v) is 3.84. The van der Waals surface area contributed by atoms with Crippen LogP contribution in [0.25, 0.3) is 0 Å². The minimum atomic E-state index is -0.397. The van der Waals surface area contributed by atoms with Gasteiger partial charge in [-0.25, -0.2) is 0 Å². The minimum absolute atomic E-state index is 0.0106. The number of hydrogen-bond donors (Lipinski definition) is 1. The van der Waals surface area contributed by atoms with Gasteiger partial charge in [0, 0.05) is 17.8 Å². The summed E-state index contributed by atoms with van der Waals surface area (Å²) < 4.78 is 0. The van der Waals surface area contributed by atoms with Crippen molar-refractivity contribution in [2.45, 2.75) is 44.9 Å². The van der Waals surface area contributed by atoms with Crippen molar-refractivity contribution in [1.82, 2.24) is 0 Å². The number of anilines is 1. The molecule has 1 amide bonds. The summed E-state index contributed by atoms with van der Waals surface area (Å²) in [5.41, 5.74) is 1.59. The predicted octanol–water partition coefficient (Wildman–Crippen LogP) is 3.85. The first kappa shape index (κ1) is 14.0. The van der Waals surface area contributed by atoms with Crippen molar-refractivity contribution in [3.8, 4) is 0 Å². The van der Waals surface area contributed by atoms with Gasteiger partial charge in [0.25, 0.3) is 5.69 Å². The highest BCUT2D eigenvalue weighted by molar-refractivity contribution is 6.03. The van der Waals surface area contributed by atoms with E-state index in [1.807, 2.05) is 0 Å². The average Bonchev–Trinajstić information content (AvgIpc) is 2.82. The highest BCUT2D eigenvalue weighted by Crippen LogP contribution is 2.44. The molecule has 0 spiro atoms. The molecule has 1 aliphatic heterocycles. The highest BCUT2D eigenvalue weighted by Gasteiger charge is 2.39. The van der Waals surface area contributed by atoms with E-state index in [0.29, 0.717) is 5.92 Å². The lowest BCUT2D eigenvalue weighted by Crippen LogP contribution is -2.26.